The normalized spacial score (nSPS) is 48.9. The molecule has 6 fully saturated rings. The molecule has 0 amide bonds. The van der Waals surface area contributed by atoms with E-state index in [0.717, 1.165) is 5.57 Å². The van der Waals surface area contributed by atoms with Crippen LogP contribution >= 0.6 is 0 Å². The number of aliphatic hydroxyl groups excluding tert-OH is 16. The molecular formula is C50H86O29. The van der Waals surface area contributed by atoms with Gasteiger partial charge in [0.1, 0.15) is 104 Å². The van der Waals surface area contributed by atoms with Gasteiger partial charge in [0, 0.05) is 0 Å². The van der Waals surface area contributed by atoms with E-state index < -0.39 is 197 Å². The Morgan fingerprint density at radius 1 is 0.494 bits per heavy atom. The van der Waals surface area contributed by atoms with E-state index in [1.54, 1.807) is 6.92 Å². The number of hydrogen-bond acceptors (Lipinski definition) is 29. The van der Waals surface area contributed by atoms with Gasteiger partial charge in [0.25, 0.3) is 0 Å². The molecule has 6 aliphatic heterocycles. The van der Waals surface area contributed by atoms with Crippen molar-refractivity contribution in [3.63, 3.8) is 0 Å². The van der Waals surface area contributed by atoms with Crippen molar-refractivity contribution in [2.75, 3.05) is 19.8 Å². The third-order valence-corrected chi connectivity index (χ3v) is 15.4. The average Bonchev–Trinajstić information content (AvgIpc) is 3.42. The molecule has 0 aliphatic carbocycles. The number of rotatable bonds is 22. The van der Waals surface area contributed by atoms with Crippen LogP contribution in [-0.2, 0) is 56.8 Å². The first-order chi connectivity index (χ1) is 37.1. The quantitative estimate of drug-likeness (QED) is 0.0272. The van der Waals surface area contributed by atoms with E-state index >= 15 is 0 Å². The Morgan fingerprint density at radius 2 is 0.937 bits per heavy atom. The summed E-state index contributed by atoms with van der Waals surface area (Å²) in [5.74, 6) is -3.25. The van der Waals surface area contributed by atoms with Crippen molar-refractivity contribution in [2.24, 2.45) is 5.92 Å². The molecule has 79 heavy (non-hydrogen) atoms. The zero-order valence-electron chi connectivity index (χ0n) is 45.1. The molecule has 6 rings (SSSR count). The highest BCUT2D eigenvalue weighted by Crippen LogP contribution is 2.40. The standard InChI is InChI=1S/C50H86O29/c1-18(10-8-12-19(2)16-68-48-41(77-45-37(63)33(59)28(54)22(5)71-45)40(31(57)25(14-51)74-48)76-44-36(62)32(58)27(53)21(4)70-44)11-9-13-20(3)17-69-49-43(78-46-38(64)34(60)29(55)23(6)72-46)50(67,42(66)26(15-52)75-49)79-47-39(65)35(61)30(56)24(7)73-47/h10,16,20-49,51-67H,8-9,11-15,17H2,1-7H3/b18-10+,19-16+/t20-,21+,22+,23+,24+,25-,26-,27+,28+,29+,30+,31-,32-,33-,34-,35-,36-,37-,38-,39-,40+,41-,42-,43+,44+,45+,46+,47+,48-,49-,50-/m1/s1. The molecule has 29 heteroatoms. The zero-order chi connectivity index (χ0) is 58.5. The SMILES string of the molecule is C/C(=C\O[C@@H]1O[C@H](CO)[C@@H](O)[C@H](O[C@@H]2O[C@@H](C)[C@H](O)[C@@H](O)[C@H]2O)[C@H]1O[C@@H]1O[C@@H](C)[C@H](O)[C@@H](O)[C@H]1O)CC/C=C(\C)CCC[C@@H](C)CO[C@@H]1O[C@H](CO)[C@@H](O)[C@@](O)(O[C@@H]2O[C@@H](C)[C@H](O)[C@@H](O)[C@H]2O)[C@H]1O[C@@H]1O[C@@H](C)[C@H](O)[C@@H](O)[C@H]1O. The minimum absolute atomic E-state index is 0.0827. The Morgan fingerprint density at radius 3 is 1.43 bits per heavy atom. The van der Waals surface area contributed by atoms with Crippen LogP contribution in [0.25, 0.3) is 0 Å². The molecule has 29 nitrogen and oxygen atoms in total. The van der Waals surface area contributed by atoms with Crippen LogP contribution in [0.3, 0.4) is 0 Å². The summed E-state index contributed by atoms with van der Waals surface area (Å²) < 4.78 is 70.1. The first kappa shape index (κ1) is 66.3. The van der Waals surface area contributed by atoms with Crippen molar-refractivity contribution in [3.8, 4) is 0 Å². The van der Waals surface area contributed by atoms with Crippen molar-refractivity contribution in [1.82, 2.24) is 0 Å². The molecule has 0 bridgehead atoms. The lowest BCUT2D eigenvalue weighted by Gasteiger charge is -2.52. The van der Waals surface area contributed by atoms with Crippen molar-refractivity contribution in [1.29, 1.82) is 0 Å². The summed E-state index contributed by atoms with van der Waals surface area (Å²) in [5.41, 5.74) is 1.70. The fourth-order valence-electron chi connectivity index (χ4n) is 10.1. The highest BCUT2D eigenvalue weighted by atomic mass is 16.8. The maximum atomic E-state index is 12.2. The smallest absolute Gasteiger partial charge is 0.229 e. The van der Waals surface area contributed by atoms with Crippen molar-refractivity contribution >= 4 is 0 Å². The monoisotopic (exact) mass is 1150 g/mol. The lowest BCUT2D eigenvalue weighted by molar-refractivity contribution is -0.461. The largest absolute Gasteiger partial charge is 0.470 e. The van der Waals surface area contributed by atoms with Crippen molar-refractivity contribution in [2.45, 2.75) is 264 Å². The highest BCUT2D eigenvalue weighted by molar-refractivity contribution is 5.04. The summed E-state index contributed by atoms with van der Waals surface area (Å²) in [6.07, 6.45) is -41.2. The molecule has 0 unspecified atom stereocenters. The molecule has 460 valence electrons. The Kier molecular flexibility index (Phi) is 24.2. The molecule has 6 heterocycles. The van der Waals surface area contributed by atoms with Gasteiger partial charge in [0.2, 0.25) is 12.1 Å². The molecule has 17 N–H and O–H groups in total. The zero-order valence-corrected chi connectivity index (χ0v) is 45.1. The third-order valence-electron chi connectivity index (χ3n) is 15.4. The maximum absolute atomic E-state index is 12.2. The predicted molar refractivity (Wildman–Crippen MR) is 260 cm³/mol. The molecule has 31 atom stereocenters. The van der Waals surface area contributed by atoms with Crippen molar-refractivity contribution in [3.05, 3.63) is 23.5 Å². The fraction of sp³-hybridized carbons (Fsp3) is 0.920. The van der Waals surface area contributed by atoms with Crippen LogP contribution < -0.4 is 0 Å². The van der Waals surface area contributed by atoms with Gasteiger partial charge in [-0.15, -0.1) is 0 Å². The van der Waals surface area contributed by atoms with Gasteiger partial charge < -0.3 is 144 Å². The molecule has 0 aromatic heterocycles. The Balaban J connectivity index is 1.07. The summed E-state index contributed by atoms with van der Waals surface area (Å²) in [6.45, 7) is 9.36. The van der Waals surface area contributed by atoms with Gasteiger partial charge in [-0.05, 0) is 85.1 Å². The average molecular weight is 1150 g/mol. The van der Waals surface area contributed by atoms with Crippen LogP contribution in [0.2, 0.25) is 0 Å². The lowest BCUT2D eigenvalue weighted by atomic mass is 9.93. The van der Waals surface area contributed by atoms with E-state index in [1.165, 1.54) is 34.0 Å². The maximum Gasteiger partial charge on any atom is 0.229 e. The highest BCUT2D eigenvalue weighted by Gasteiger charge is 2.63. The fourth-order valence-corrected chi connectivity index (χ4v) is 10.1. The second-order valence-corrected chi connectivity index (χ2v) is 21.8. The number of hydrogen-bond donors (Lipinski definition) is 17. The molecule has 0 aromatic rings. The van der Waals surface area contributed by atoms with Crippen LogP contribution in [0.4, 0.5) is 0 Å². The summed E-state index contributed by atoms with van der Waals surface area (Å²) in [4.78, 5) is 0. The first-order valence-corrected chi connectivity index (χ1v) is 26.8. The molecule has 0 aromatic carbocycles. The topological polar surface area (TPSA) is 455 Å². The Bertz CT molecular complexity index is 1920. The Hall–Kier alpha value is -1.84. The van der Waals surface area contributed by atoms with Crippen LogP contribution in [0.1, 0.15) is 80.6 Å². The van der Waals surface area contributed by atoms with E-state index in [1.807, 2.05) is 19.9 Å². The van der Waals surface area contributed by atoms with E-state index in [-0.39, 0.29) is 12.5 Å². The summed E-state index contributed by atoms with van der Waals surface area (Å²) in [7, 11) is 0. The summed E-state index contributed by atoms with van der Waals surface area (Å²) in [5, 5.41) is 182. The van der Waals surface area contributed by atoms with Crippen LogP contribution in [0.15, 0.2) is 23.5 Å². The van der Waals surface area contributed by atoms with Crippen LogP contribution in [-0.4, -0.2) is 291 Å². The van der Waals surface area contributed by atoms with E-state index in [2.05, 4.69) is 0 Å². The van der Waals surface area contributed by atoms with Gasteiger partial charge >= 0.3 is 0 Å². The second-order valence-electron chi connectivity index (χ2n) is 21.8. The predicted octanol–water partition coefficient (Wildman–Crippen LogP) is -6.22. The second kappa shape index (κ2) is 28.8. The molecule has 0 spiro atoms. The molecule has 0 radical (unpaired) electrons. The lowest BCUT2D eigenvalue weighted by Crippen LogP contribution is -2.73. The summed E-state index contributed by atoms with van der Waals surface area (Å²) >= 11 is 0. The van der Waals surface area contributed by atoms with E-state index in [9.17, 15) is 86.8 Å². The first-order valence-electron chi connectivity index (χ1n) is 26.8. The third kappa shape index (κ3) is 15.4. The minimum Gasteiger partial charge on any atom is -0.470 e. The van der Waals surface area contributed by atoms with Gasteiger partial charge in [-0.2, -0.15) is 0 Å². The van der Waals surface area contributed by atoms with E-state index in [4.69, 9.17) is 56.8 Å². The van der Waals surface area contributed by atoms with Gasteiger partial charge in [-0.25, -0.2) is 0 Å². The number of aliphatic hydroxyl groups is 17. The Labute approximate surface area is 456 Å². The van der Waals surface area contributed by atoms with Gasteiger partial charge in [0.05, 0.1) is 50.5 Å². The number of allylic oxidation sites excluding steroid dienone is 3. The van der Waals surface area contributed by atoms with Crippen LogP contribution in [0, 0.1) is 5.92 Å². The molecule has 6 aliphatic rings. The minimum atomic E-state index is -3.04. The molecule has 0 saturated carbocycles. The molecule has 6 saturated heterocycles. The van der Waals surface area contributed by atoms with Crippen LogP contribution in [0.5, 0.6) is 0 Å². The van der Waals surface area contributed by atoms with Gasteiger partial charge in [-0.1, -0.05) is 18.6 Å². The van der Waals surface area contributed by atoms with Crippen molar-refractivity contribution < 1.29 is 144 Å². The van der Waals surface area contributed by atoms with Gasteiger partial charge in [-0.3, -0.25) is 0 Å². The van der Waals surface area contributed by atoms with E-state index in [0.29, 0.717) is 37.7 Å². The van der Waals surface area contributed by atoms with Gasteiger partial charge in [0.15, 0.2) is 43.7 Å². The summed E-state index contributed by atoms with van der Waals surface area (Å²) in [6, 6.07) is 0. The number of ether oxygens (including phenoxy) is 12. The molecular weight excluding hydrogens is 1060 g/mol.